The number of alkyl halides is 3. The summed E-state index contributed by atoms with van der Waals surface area (Å²) in [5.41, 5.74) is -1.25. The SMILES string of the molecule is CC(C)(C)NS(=O)(=O)c1ccc2c(c1)C=C(C(=O)O)C(C(C)(F)F)O2.CF. The lowest BCUT2D eigenvalue weighted by Gasteiger charge is -2.29. The molecule has 0 radical (unpaired) electrons. The van der Waals surface area contributed by atoms with E-state index in [9.17, 15) is 26.4 Å². The van der Waals surface area contributed by atoms with Crippen LogP contribution < -0.4 is 9.46 Å². The molecule has 0 fully saturated rings. The molecule has 1 aromatic rings. The van der Waals surface area contributed by atoms with Crippen LogP contribution in [0.3, 0.4) is 0 Å². The molecule has 0 saturated heterocycles. The number of carboxylic acid groups (broad SMARTS) is 1. The van der Waals surface area contributed by atoms with Crippen LogP contribution in [0.15, 0.2) is 28.7 Å². The number of benzene rings is 1. The van der Waals surface area contributed by atoms with Crippen molar-refractivity contribution in [2.75, 3.05) is 7.18 Å². The fourth-order valence-electron chi connectivity index (χ4n) is 2.36. The van der Waals surface area contributed by atoms with Crippen LogP contribution in [-0.2, 0) is 14.8 Å². The van der Waals surface area contributed by atoms with Gasteiger partial charge in [-0.1, -0.05) is 0 Å². The Kier molecular flexibility index (Phi) is 6.71. The van der Waals surface area contributed by atoms with Crippen LogP contribution in [0.5, 0.6) is 5.75 Å². The Morgan fingerprint density at radius 3 is 2.19 bits per heavy atom. The molecular formula is C17H22F3NO5S. The molecule has 27 heavy (non-hydrogen) atoms. The van der Waals surface area contributed by atoms with E-state index in [0.29, 0.717) is 14.1 Å². The molecule has 1 unspecified atom stereocenters. The summed E-state index contributed by atoms with van der Waals surface area (Å²) in [5, 5.41) is 9.17. The van der Waals surface area contributed by atoms with Gasteiger partial charge in [0.2, 0.25) is 10.0 Å². The van der Waals surface area contributed by atoms with Gasteiger partial charge >= 0.3 is 5.97 Å². The monoisotopic (exact) mass is 409 g/mol. The number of fused-ring (bicyclic) bond motifs is 1. The number of carbonyl (C=O) groups is 1. The van der Waals surface area contributed by atoms with Gasteiger partial charge in [0.15, 0.2) is 6.10 Å². The van der Waals surface area contributed by atoms with Crippen molar-refractivity contribution < 1.29 is 36.2 Å². The van der Waals surface area contributed by atoms with Crippen molar-refractivity contribution in [2.24, 2.45) is 0 Å². The fraction of sp³-hybridized carbons (Fsp3) is 0.471. The highest BCUT2D eigenvalue weighted by atomic mass is 32.2. The Labute approximate surface area is 156 Å². The van der Waals surface area contributed by atoms with Crippen molar-refractivity contribution in [1.82, 2.24) is 4.72 Å². The van der Waals surface area contributed by atoms with E-state index < -0.39 is 39.1 Å². The normalized spacial score (nSPS) is 17.0. The summed E-state index contributed by atoms with van der Waals surface area (Å²) < 4.78 is 69.1. The van der Waals surface area contributed by atoms with Crippen LogP contribution in [0.25, 0.3) is 6.08 Å². The minimum atomic E-state index is -3.86. The molecule has 2 N–H and O–H groups in total. The second kappa shape index (κ2) is 7.89. The van der Waals surface area contributed by atoms with E-state index in [1.165, 1.54) is 18.2 Å². The number of hydrogen-bond acceptors (Lipinski definition) is 4. The highest BCUT2D eigenvalue weighted by Crippen LogP contribution is 2.37. The van der Waals surface area contributed by atoms with E-state index in [1.807, 2.05) is 0 Å². The molecule has 0 saturated carbocycles. The molecule has 1 aromatic carbocycles. The smallest absolute Gasteiger partial charge is 0.335 e. The van der Waals surface area contributed by atoms with Crippen molar-refractivity contribution in [3.05, 3.63) is 29.3 Å². The summed E-state index contributed by atoms with van der Waals surface area (Å²) in [6, 6.07) is 3.65. The maximum Gasteiger partial charge on any atom is 0.335 e. The zero-order valence-electron chi connectivity index (χ0n) is 15.5. The van der Waals surface area contributed by atoms with Crippen LogP contribution in [-0.4, -0.2) is 44.2 Å². The third kappa shape index (κ3) is 5.70. The number of carboxylic acids is 1. The van der Waals surface area contributed by atoms with Gasteiger partial charge in [0.1, 0.15) is 5.75 Å². The van der Waals surface area contributed by atoms with E-state index in [-0.39, 0.29) is 16.2 Å². The Balaban J connectivity index is 0.00000176. The van der Waals surface area contributed by atoms with Crippen molar-refractivity contribution in [3.63, 3.8) is 0 Å². The number of sulfonamides is 1. The average Bonchev–Trinajstić information content (AvgIpc) is 2.51. The number of ether oxygens (including phenoxy) is 1. The Morgan fingerprint density at radius 1 is 1.19 bits per heavy atom. The molecular weight excluding hydrogens is 387 g/mol. The molecule has 1 aliphatic heterocycles. The highest BCUT2D eigenvalue weighted by Gasteiger charge is 2.44. The number of rotatable bonds is 4. The molecule has 1 atom stereocenters. The van der Waals surface area contributed by atoms with E-state index in [1.54, 1.807) is 20.8 Å². The molecule has 2 rings (SSSR count). The topological polar surface area (TPSA) is 92.7 Å². The Morgan fingerprint density at radius 2 is 1.74 bits per heavy atom. The van der Waals surface area contributed by atoms with Gasteiger partial charge in [-0.05, 0) is 45.0 Å². The number of nitrogens with one attached hydrogen (secondary N) is 1. The van der Waals surface area contributed by atoms with Crippen LogP contribution in [0.4, 0.5) is 13.2 Å². The summed E-state index contributed by atoms with van der Waals surface area (Å²) in [7, 11) is -3.36. The second-order valence-electron chi connectivity index (χ2n) is 6.91. The van der Waals surface area contributed by atoms with Crippen molar-refractivity contribution in [3.8, 4) is 5.75 Å². The van der Waals surface area contributed by atoms with Crippen LogP contribution in [0.2, 0.25) is 0 Å². The number of hydrogen-bond donors (Lipinski definition) is 2. The molecule has 1 heterocycles. The van der Waals surface area contributed by atoms with Gasteiger partial charge in [0, 0.05) is 18.0 Å². The molecule has 0 spiro atoms. The molecule has 1 aliphatic rings. The van der Waals surface area contributed by atoms with Gasteiger partial charge < -0.3 is 9.84 Å². The third-order valence-corrected chi connectivity index (χ3v) is 5.03. The highest BCUT2D eigenvalue weighted by molar-refractivity contribution is 7.89. The summed E-state index contributed by atoms with van der Waals surface area (Å²) >= 11 is 0. The lowest BCUT2D eigenvalue weighted by Crippen LogP contribution is -2.41. The number of aliphatic carboxylic acids is 1. The third-order valence-electron chi connectivity index (χ3n) is 3.28. The van der Waals surface area contributed by atoms with Gasteiger partial charge in [-0.3, -0.25) is 4.39 Å². The molecule has 10 heteroatoms. The van der Waals surface area contributed by atoms with Crippen molar-refractivity contribution in [2.45, 2.75) is 50.2 Å². The Hall–Kier alpha value is -2.07. The van der Waals surface area contributed by atoms with E-state index >= 15 is 0 Å². The molecule has 0 bridgehead atoms. The van der Waals surface area contributed by atoms with Gasteiger partial charge in [0.05, 0.1) is 17.6 Å². The first kappa shape index (κ1) is 23.0. The zero-order valence-corrected chi connectivity index (χ0v) is 16.3. The molecule has 0 amide bonds. The first-order valence-electron chi connectivity index (χ1n) is 7.76. The largest absolute Gasteiger partial charge is 0.478 e. The van der Waals surface area contributed by atoms with Crippen LogP contribution in [0.1, 0.15) is 33.3 Å². The van der Waals surface area contributed by atoms with Gasteiger partial charge in [-0.15, -0.1) is 0 Å². The quantitative estimate of drug-likeness (QED) is 0.797. The summed E-state index contributed by atoms with van der Waals surface area (Å²) in [6.45, 7) is 5.57. The zero-order chi connectivity index (χ0) is 21.2. The Bertz CT molecular complexity index is 839. The maximum atomic E-state index is 13.6. The van der Waals surface area contributed by atoms with E-state index in [0.717, 1.165) is 6.08 Å². The minimum absolute atomic E-state index is 0.00812. The summed E-state index contributed by atoms with van der Waals surface area (Å²) in [4.78, 5) is 11.2. The lowest BCUT2D eigenvalue weighted by molar-refractivity contribution is -0.137. The standard InChI is InChI=1S/C16H19F2NO5S.CH3F/c1-15(2,3)19-25(22,23)10-5-6-12-9(7-10)8-11(14(20)21)13(24-12)16(4,17)18;1-2/h5-8,13,19H,1-4H3,(H,20,21);1H3. The maximum absolute atomic E-state index is 13.6. The van der Waals surface area contributed by atoms with Crippen LogP contribution in [0, 0.1) is 0 Å². The fourth-order valence-corrected chi connectivity index (χ4v) is 3.81. The minimum Gasteiger partial charge on any atom is -0.478 e. The summed E-state index contributed by atoms with van der Waals surface area (Å²) in [5.74, 6) is -4.98. The van der Waals surface area contributed by atoms with Gasteiger partial charge in [0.25, 0.3) is 5.92 Å². The van der Waals surface area contributed by atoms with E-state index in [4.69, 9.17) is 9.84 Å². The van der Waals surface area contributed by atoms with E-state index in [2.05, 4.69) is 4.72 Å². The molecule has 6 nitrogen and oxygen atoms in total. The van der Waals surface area contributed by atoms with Crippen molar-refractivity contribution in [1.29, 1.82) is 0 Å². The average molecular weight is 409 g/mol. The first-order chi connectivity index (χ1) is 12.2. The molecule has 152 valence electrons. The second-order valence-corrected chi connectivity index (χ2v) is 8.60. The summed E-state index contributed by atoms with van der Waals surface area (Å²) in [6.07, 6.45) is -0.938. The first-order valence-corrected chi connectivity index (χ1v) is 9.24. The lowest BCUT2D eigenvalue weighted by atomic mass is 9.98. The number of halogens is 3. The predicted molar refractivity (Wildman–Crippen MR) is 94.2 cm³/mol. The predicted octanol–water partition coefficient (Wildman–Crippen LogP) is 3.23. The molecule has 0 aromatic heterocycles. The molecule has 0 aliphatic carbocycles. The van der Waals surface area contributed by atoms with Gasteiger partial charge in [-0.25, -0.2) is 26.7 Å². The van der Waals surface area contributed by atoms with Crippen LogP contribution >= 0.6 is 0 Å². The van der Waals surface area contributed by atoms with Crippen molar-refractivity contribution >= 4 is 22.1 Å². The van der Waals surface area contributed by atoms with Gasteiger partial charge in [-0.2, -0.15) is 0 Å².